The first-order valence-electron chi connectivity index (χ1n) is 5.07. The van der Waals surface area contributed by atoms with E-state index >= 15 is 0 Å². The molecule has 0 saturated heterocycles. The SMILES string of the molecule is CCc1cc(C(O)c2occc2Br)n(C)n1. The summed E-state index contributed by atoms with van der Waals surface area (Å²) in [4.78, 5) is 0. The van der Waals surface area contributed by atoms with Crippen LogP contribution < -0.4 is 0 Å². The molecule has 0 aliphatic heterocycles. The highest BCUT2D eigenvalue weighted by molar-refractivity contribution is 9.10. The highest BCUT2D eigenvalue weighted by Gasteiger charge is 2.20. The molecule has 0 aromatic carbocycles. The quantitative estimate of drug-likeness (QED) is 0.942. The predicted molar refractivity (Wildman–Crippen MR) is 63.1 cm³/mol. The second-order valence-electron chi connectivity index (χ2n) is 3.57. The average molecular weight is 285 g/mol. The number of halogens is 1. The Hall–Kier alpha value is -1.07. The molecule has 1 atom stereocenters. The second-order valence-corrected chi connectivity index (χ2v) is 4.43. The number of nitrogens with zero attached hydrogens (tertiary/aromatic N) is 2. The maximum absolute atomic E-state index is 10.2. The highest BCUT2D eigenvalue weighted by atomic mass is 79.9. The molecule has 5 heteroatoms. The van der Waals surface area contributed by atoms with Crippen LogP contribution in [0.15, 0.2) is 27.3 Å². The Morgan fingerprint density at radius 1 is 1.62 bits per heavy atom. The van der Waals surface area contributed by atoms with Gasteiger partial charge in [-0.05, 0) is 34.5 Å². The molecule has 1 unspecified atom stereocenters. The van der Waals surface area contributed by atoms with Crippen molar-refractivity contribution >= 4 is 15.9 Å². The topological polar surface area (TPSA) is 51.2 Å². The standard InChI is InChI=1S/C11H13BrN2O2/c1-3-7-6-9(14(2)13-7)10(15)11-8(12)4-5-16-11/h4-6,10,15H,3H2,1-2H3. The molecule has 0 saturated carbocycles. The maximum atomic E-state index is 10.2. The van der Waals surface area contributed by atoms with Crippen molar-refractivity contribution in [3.8, 4) is 0 Å². The van der Waals surface area contributed by atoms with Gasteiger partial charge in [0.1, 0.15) is 0 Å². The van der Waals surface area contributed by atoms with Crippen LogP contribution in [0.2, 0.25) is 0 Å². The molecule has 4 nitrogen and oxygen atoms in total. The van der Waals surface area contributed by atoms with Crippen molar-refractivity contribution in [2.75, 3.05) is 0 Å². The monoisotopic (exact) mass is 284 g/mol. The Kier molecular flexibility index (Phi) is 3.16. The van der Waals surface area contributed by atoms with Crippen LogP contribution in [-0.4, -0.2) is 14.9 Å². The summed E-state index contributed by atoms with van der Waals surface area (Å²) in [5.41, 5.74) is 1.69. The number of aromatic nitrogens is 2. The fourth-order valence-corrected chi connectivity index (χ4v) is 2.03. The number of aliphatic hydroxyl groups excluding tert-OH is 1. The van der Waals surface area contributed by atoms with Gasteiger partial charge in [-0.25, -0.2) is 0 Å². The Labute approximate surface area is 102 Å². The van der Waals surface area contributed by atoms with E-state index in [0.29, 0.717) is 5.76 Å². The minimum Gasteiger partial charge on any atom is -0.465 e. The third-order valence-corrected chi connectivity index (χ3v) is 3.16. The first-order valence-corrected chi connectivity index (χ1v) is 5.86. The molecule has 0 amide bonds. The van der Waals surface area contributed by atoms with Gasteiger partial charge in [0.05, 0.1) is 22.1 Å². The Morgan fingerprint density at radius 3 is 2.88 bits per heavy atom. The molecular weight excluding hydrogens is 272 g/mol. The zero-order valence-corrected chi connectivity index (χ0v) is 10.7. The van der Waals surface area contributed by atoms with E-state index in [9.17, 15) is 5.11 Å². The molecule has 0 fully saturated rings. The first kappa shape index (κ1) is 11.4. The van der Waals surface area contributed by atoms with Gasteiger partial charge in [0.25, 0.3) is 0 Å². The molecule has 2 aromatic heterocycles. The van der Waals surface area contributed by atoms with Crippen LogP contribution in [0.4, 0.5) is 0 Å². The summed E-state index contributed by atoms with van der Waals surface area (Å²) in [6.45, 7) is 2.03. The molecule has 86 valence electrons. The van der Waals surface area contributed by atoms with E-state index in [4.69, 9.17) is 4.42 Å². The van der Waals surface area contributed by atoms with Crippen LogP contribution in [0.1, 0.15) is 30.2 Å². The fraction of sp³-hybridized carbons (Fsp3) is 0.364. The smallest absolute Gasteiger partial charge is 0.154 e. The maximum Gasteiger partial charge on any atom is 0.154 e. The average Bonchev–Trinajstić information content (AvgIpc) is 2.83. The Balaban J connectivity index is 2.37. The van der Waals surface area contributed by atoms with Gasteiger partial charge in [-0.2, -0.15) is 5.10 Å². The van der Waals surface area contributed by atoms with E-state index < -0.39 is 6.10 Å². The minimum atomic E-state index is -0.790. The van der Waals surface area contributed by atoms with E-state index in [1.165, 1.54) is 0 Å². The van der Waals surface area contributed by atoms with Crippen LogP contribution in [-0.2, 0) is 13.5 Å². The number of rotatable bonds is 3. The lowest BCUT2D eigenvalue weighted by atomic mass is 10.2. The minimum absolute atomic E-state index is 0.505. The molecule has 16 heavy (non-hydrogen) atoms. The lowest BCUT2D eigenvalue weighted by Crippen LogP contribution is -2.06. The van der Waals surface area contributed by atoms with E-state index in [1.807, 2.05) is 20.0 Å². The van der Waals surface area contributed by atoms with Gasteiger partial charge in [-0.1, -0.05) is 6.92 Å². The molecule has 0 bridgehead atoms. The van der Waals surface area contributed by atoms with Crippen molar-refractivity contribution in [3.63, 3.8) is 0 Å². The lowest BCUT2D eigenvalue weighted by molar-refractivity contribution is 0.179. The third-order valence-electron chi connectivity index (χ3n) is 2.50. The summed E-state index contributed by atoms with van der Waals surface area (Å²) in [5, 5.41) is 14.5. The molecule has 0 aliphatic carbocycles. The van der Waals surface area contributed by atoms with E-state index in [0.717, 1.165) is 22.3 Å². The summed E-state index contributed by atoms with van der Waals surface area (Å²) >= 11 is 3.33. The Bertz CT molecular complexity index is 490. The zero-order chi connectivity index (χ0) is 11.7. The van der Waals surface area contributed by atoms with E-state index in [-0.39, 0.29) is 0 Å². The molecule has 2 heterocycles. The Morgan fingerprint density at radius 2 is 2.38 bits per heavy atom. The molecule has 2 aromatic rings. The van der Waals surface area contributed by atoms with Crippen molar-refractivity contribution in [3.05, 3.63) is 40.0 Å². The van der Waals surface area contributed by atoms with Crippen LogP contribution in [0.5, 0.6) is 0 Å². The van der Waals surface area contributed by atoms with Gasteiger partial charge in [0.2, 0.25) is 0 Å². The molecule has 2 rings (SSSR count). The van der Waals surface area contributed by atoms with Crippen LogP contribution in [0.25, 0.3) is 0 Å². The number of aryl methyl sites for hydroxylation is 2. The van der Waals surface area contributed by atoms with Crippen molar-refractivity contribution in [2.24, 2.45) is 7.05 Å². The van der Waals surface area contributed by atoms with Gasteiger partial charge in [-0.3, -0.25) is 4.68 Å². The second kappa shape index (κ2) is 4.43. The summed E-state index contributed by atoms with van der Waals surface area (Å²) in [5.74, 6) is 0.505. The van der Waals surface area contributed by atoms with E-state index in [1.54, 1.807) is 17.0 Å². The number of furan rings is 1. The van der Waals surface area contributed by atoms with Gasteiger partial charge < -0.3 is 9.52 Å². The molecular formula is C11H13BrN2O2. The first-order chi connectivity index (χ1) is 7.63. The normalized spacial score (nSPS) is 13.0. The summed E-state index contributed by atoms with van der Waals surface area (Å²) in [6, 6.07) is 3.65. The van der Waals surface area contributed by atoms with Crippen LogP contribution >= 0.6 is 15.9 Å². The molecule has 0 radical (unpaired) electrons. The largest absolute Gasteiger partial charge is 0.465 e. The highest BCUT2D eigenvalue weighted by Crippen LogP contribution is 2.29. The van der Waals surface area contributed by atoms with Crippen molar-refractivity contribution in [1.82, 2.24) is 9.78 Å². The van der Waals surface area contributed by atoms with Crippen LogP contribution in [0, 0.1) is 0 Å². The molecule has 0 spiro atoms. The number of aliphatic hydroxyl groups is 1. The zero-order valence-electron chi connectivity index (χ0n) is 9.14. The predicted octanol–water partition coefficient (Wildman–Crippen LogP) is 2.42. The fourth-order valence-electron chi connectivity index (χ4n) is 1.61. The van der Waals surface area contributed by atoms with E-state index in [2.05, 4.69) is 21.0 Å². The molecule has 1 N–H and O–H groups in total. The van der Waals surface area contributed by atoms with Gasteiger partial charge in [0.15, 0.2) is 11.9 Å². The van der Waals surface area contributed by atoms with Crippen molar-refractivity contribution in [1.29, 1.82) is 0 Å². The lowest BCUT2D eigenvalue weighted by Gasteiger charge is -2.08. The van der Waals surface area contributed by atoms with Gasteiger partial charge in [0, 0.05) is 7.05 Å². The number of hydrogen-bond acceptors (Lipinski definition) is 3. The van der Waals surface area contributed by atoms with Gasteiger partial charge >= 0.3 is 0 Å². The summed E-state index contributed by atoms with van der Waals surface area (Å²) in [7, 11) is 1.81. The summed E-state index contributed by atoms with van der Waals surface area (Å²) < 4.78 is 7.68. The summed E-state index contributed by atoms with van der Waals surface area (Å²) in [6.07, 6.45) is 1.60. The van der Waals surface area contributed by atoms with Gasteiger partial charge in [-0.15, -0.1) is 0 Å². The third kappa shape index (κ3) is 1.92. The number of hydrogen-bond donors (Lipinski definition) is 1. The van der Waals surface area contributed by atoms with Crippen molar-refractivity contribution < 1.29 is 9.52 Å². The molecule has 0 aliphatic rings. The van der Waals surface area contributed by atoms with Crippen molar-refractivity contribution in [2.45, 2.75) is 19.4 Å². The van der Waals surface area contributed by atoms with Crippen LogP contribution in [0.3, 0.4) is 0 Å².